The quantitative estimate of drug-likeness (QED) is 0.611. The normalized spacial score (nSPS) is 11.2. The summed E-state index contributed by atoms with van der Waals surface area (Å²) in [7, 11) is -1.91. The Morgan fingerprint density at radius 1 is 1.00 bits per heavy atom. The number of rotatable bonds is 10. The summed E-state index contributed by atoms with van der Waals surface area (Å²) in [5.41, 5.74) is 1.52. The van der Waals surface area contributed by atoms with Crippen LogP contribution in [-0.4, -0.2) is 34.5 Å². The summed E-state index contributed by atoms with van der Waals surface area (Å²) in [5, 5.41) is 2.84. The van der Waals surface area contributed by atoms with Gasteiger partial charge >= 0.3 is 0 Å². The number of carbonyl (C=O) groups is 1. The Labute approximate surface area is 161 Å². The minimum absolute atomic E-state index is 0.161. The average Bonchev–Trinajstić information content (AvgIpc) is 2.68. The van der Waals surface area contributed by atoms with Crippen LogP contribution in [0, 0.1) is 0 Å². The third kappa shape index (κ3) is 6.37. The fraction of sp³-hybridized carbons (Fsp3) is 0.350. The molecule has 0 atom stereocenters. The van der Waals surface area contributed by atoms with E-state index in [2.05, 4.69) is 10.0 Å². The zero-order chi connectivity index (χ0) is 19.7. The van der Waals surface area contributed by atoms with Crippen molar-refractivity contribution in [1.29, 1.82) is 0 Å². The van der Waals surface area contributed by atoms with Gasteiger partial charge in [-0.25, -0.2) is 13.1 Å². The molecule has 0 saturated heterocycles. The average molecular weight is 391 g/mol. The minimum Gasteiger partial charge on any atom is -0.497 e. The molecule has 0 aromatic heterocycles. The molecular weight excluding hydrogens is 364 g/mol. The number of sulfonamides is 1. The maximum Gasteiger partial charge on any atom is 0.251 e. The number of carbonyl (C=O) groups excluding carboxylic acids is 1. The van der Waals surface area contributed by atoms with Gasteiger partial charge in [0.2, 0.25) is 10.0 Å². The molecule has 0 bridgehead atoms. The Balaban J connectivity index is 1.87. The van der Waals surface area contributed by atoms with Gasteiger partial charge in [0.1, 0.15) is 5.75 Å². The van der Waals surface area contributed by atoms with E-state index in [4.69, 9.17) is 4.74 Å². The van der Waals surface area contributed by atoms with Gasteiger partial charge in [-0.1, -0.05) is 25.5 Å². The highest BCUT2D eigenvalue weighted by molar-refractivity contribution is 7.89. The Bertz CT molecular complexity index is 831. The van der Waals surface area contributed by atoms with E-state index in [-0.39, 0.29) is 10.8 Å². The summed E-state index contributed by atoms with van der Waals surface area (Å²) in [6.07, 6.45) is 2.40. The van der Waals surface area contributed by atoms with E-state index >= 15 is 0 Å². The first kappa shape index (κ1) is 20.9. The number of benzene rings is 2. The lowest BCUT2D eigenvalue weighted by atomic mass is 10.1. The van der Waals surface area contributed by atoms with Crippen molar-refractivity contribution in [3.8, 4) is 5.75 Å². The lowest BCUT2D eigenvalue weighted by molar-refractivity contribution is 0.0954. The second-order valence-corrected chi connectivity index (χ2v) is 7.90. The van der Waals surface area contributed by atoms with E-state index in [0.29, 0.717) is 25.1 Å². The van der Waals surface area contributed by atoms with Crippen LogP contribution in [0.1, 0.15) is 35.7 Å². The topological polar surface area (TPSA) is 84.5 Å². The van der Waals surface area contributed by atoms with Crippen molar-refractivity contribution < 1.29 is 17.9 Å². The highest BCUT2D eigenvalue weighted by Gasteiger charge is 2.14. The molecule has 6 nitrogen and oxygen atoms in total. The summed E-state index contributed by atoms with van der Waals surface area (Å²) in [4.78, 5) is 12.4. The van der Waals surface area contributed by atoms with Crippen molar-refractivity contribution >= 4 is 15.9 Å². The smallest absolute Gasteiger partial charge is 0.251 e. The second kappa shape index (κ2) is 10.1. The first-order valence-electron chi connectivity index (χ1n) is 8.97. The van der Waals surface area contributed by atoms with Gasteiger partial charge in [0.15, 0.2) is 0 Å². The minimum atomic E-state index is -3.53. The van der Waals surface area contributed by atoms with Gasteiger partial charge in [0.05, 0.1) is 12.0 Å². The Morgan fingerprint density at radius 2 is 1.67 bits per heavy atom. The highest BCUT2D eigenvalue weighted by Crippen LogP contribution is 2.12. The third-order valence-corrected chi connectivity index (χ3v) is 5.58. The molecule has 2 aromatic rings. The summed E-state index contributed by atoms with van der Waals surface area (Å²) in [6.45, 7) is 2.90. The summed E-state index contributed by atoms with van der Waals surface area (Å²) in [6, 6.07) is 13.6. The van der Waals surface area contributed by atoms with E-state index in [1.807, 2.05) is 31.2 Å². The van der Waals surface area contributed by atoms with Crippen molar-refractivity contribution in [3.05, 3.63) is 59.7 Å². The van der Waals surface area contributed by atoms with Gasteiger partial charge in [-0.15, -0.1) is 0 Å². The van der Waals surface area contributed by atoms with E-state index in [1.165, 1.54) is 24.3 Å². The number of methoxy groups -OCH3 is 1. The lowest BCUT2D eigenvalue weighted by Crippen LogP contribution is -2.26. The number of nitrogens with one attached hydrogen (secondary N) is 2. The first-order chi connectivity index (χ1) is 13.0. The second-order valence-electron chi connectivity index (χ2n) is 6.13. The van der Waals surface area contributed by atoms with Gasteiger partial charge in [0, 0.05) is 18.7 Å². The molecule has 7 heteroatoms. The molecule has 0 aliphatic carbocycles. The number of hydrogen-bond donors (Lipinski definition) is 2. The van der Waals surface area contributed by atoms with Gasteiger partial charge in [-0.05, 0) is 54.8 Å². The number of hydrogen-bond acceptors (Lipinski definition) is 4. The molecule has 0 saturated carbocycles. The Morgan fingerprint density at radius 3 is 2.26 bits per heavy atom. The molecule has 0 fully saturated rings. The van der Waals surface area contributed by atoms with Crippen LogP contribution in [0.4, 0.5) is 0 Å². The zero-order valence-corrected chi connectivity index (χ0v) is 16.5. The molecule has 0 radical (unpaired) electrons. The molecule has 1 amide bonds. The van der Waals surface area contributed by atoms with Crippen LogP contribution >= 0.6 is 0 Å². The van der Waals surface area contributed by atoms with Crippen LogP contribution in [-0.2, 0) is 16.4 Å². The maximum atomic E-state index is 12.2. The van der Waals surface area contributed by atoms with Crippen molar-refractivity contribution in [2.45, 2.75) is 31.1 Å². The Kier molecular flexibility index (Phi) is 7.82. The molecule has 0 heterocycles. The number of unbranched alkanes of at least 4 members (excludes halogenated alkanes) is 1. The summed E-state index contributed by atoms with van der Waals surface area (Å²) >= 11 is 0. The SMILES string of the molecule is CCCCNS(=O)(=O)c1ccc(C(=O)NCCc2ccc(OC)cc2)cc1. The predicted octanol–water partition coefficient (Wildman–Crippen LogP) is 2.75. The molecule has 0 aliphatic rings. The fourth-order valence-corrected chi connectivity index (χ4v) is 3.54. The lowest BCUT2D eigenvalue weighted by Gasteiger charge is -2.08. The van der Waals surface area contributed by atoms with Crippen LogP contribution in [0.15, 0.2) is 53.4 Å². The van der Waals surface area contributed by atoms with Crippen molar-refractivity contribution in [1.82, 2.24) is 10.0 Å². The maximum absolute atomic E-state index is 12.2. The van der Waals surface area contributed by atoms with Crippen molar-refractivity contribution in [3.63, 3.8) is 0 Å². The van der Waals surface area contributed by atoms with Crippen LogP contribution in [0.25, 0.3) is 0 Å². The van der Waals surface area contributed by atoms with Crippen LogP contribution in [0.5, 0.6) is 5.75 Å². The van der Waals surface area contributed by atoms with Crippen molar-refractivity contribution in [2.75, 3.05) is 20.2 Å². The first-order valence-corrected chi connectivity index (χ1v) is 10.5. The van der Waals surface area contributed by atoms with Crippen molar-refractivity contribution in [2.24, 2.45) is 0 Å². The molecule has 0 spiro atoms. The molecule has 2 rings (SSSR count). The fourth-order valence-electron chi connectivity index (χ4n) is 2.47. The molecule has 146 valence electrons. The van der Waals surface area contributed by atoms with Gasteiger partial charge in [-0.3, -0.25) is 4.79 Å². The monoisotopic (exact) mass is 390 g/mol. The summed E-state index contributed by atoms with van der Waals surface area (Å²) < 4.78 is 31.9. The highest BCUT2D eigenvalue weighted by atomic mass is 32.2. The molecule has 2 N–H and O–H groups in total. The van der Waals surface area contributed by atoms with Crippen LogP contribution in [0.2, 0.25) is 0 Å². The summed E-state index contributed by atoms with van der Waals surface area (Å²) in [5.74, 6) is 0.563. The van der Waals surface area contributed by atoms with E-state index in [0.717, 1.165) is 24.2 Å². The van der Waals surface area contributed by atoms with Crippen LogP contribution < -0.4 is 14.8 Å². The predicted molar refractivity (Wildman–Crippen MR) is 106 cm³/mol. The van der Waals surface area contributed by atoms with E-state index < -0.39 is 10.0 Å². The van der Waals surface area contributed by atoms with Gasteiger partial charge in [0.25, 0.3) is 5.91 Å². The molecule has 0 aliphatic heterocycles. The largest absolute Gasteiger partial charge is 0.497 e. The molecule has 27 heavy (non-hydrogen) atoms. The number of ether oxygens (including phenoxy) is 1. The van der Waals surface area contributed by atoms with Gasteiger partial charge < -0.3 is 10.1 Å². The Hall–Kier alpha value is -2.38. The number of amides is 1. The standard InChI is InChI=1S/C20H26N2O4S/c1-3-4-14-22-27(24,25)19-11-7-17(8-12-19)20(23)21-15-13-16-5-9-18(26-2)10-6-16/h5-12,22H,3-4,13-15H2,1-2H3,(H,21,23). The molecule has 2 aromatic carbocycles. The van der Waals surface area contributed by atoms with Gasteiger partial charge in [-0.2, -0.15) is 0 Å². The molecular formula is C20H26N2O4S. The third-order valence-electron chi connectivity index (χ3n) is 4.11. The van der Waals surface area contributed by atoms with E-state index in [1.54, 1.807) is 7.11 Å². The molecule has 0 unspecified atom stereocenters. The zero-order valence-electron chi connectivity index (χ0n) is 15.7. The van der Waals surface area contributed by atoms with E-state index in [9.17, 15) is 13.2 Å². The van der Waals surface area contributed by atoms with Crippen LogP contribution in [0.3, 0.4) is 0 Å².